The molecule has 17 heavy (non-hydrogen) atoms. The highest BCUT2D eigenvalue weighted by molar-refractivity contribution is 5.30. The first-order chi connectivity index (χ1) is 8.15. The first-order valence-corrected chi connectivity index (χ1v) is 5.84. The van der Waals surface area contributed by atoms with Crippen molar-refractivity contribution in [2.45, 2.75) is 33.4 Å². The predicted molar refractivity (Wildman–Crippen MR) is 68.1 cm³/mol. The number of hydrogen-bond donors (Lipinski definition) is 1. The van der Waals surface area contributed by atoms with Crippen LogP contribution >= 0.6 is 0 Å². The summed E-state index contributed by atoms with van der Waals surface area (Å²) in [6.45, 7) is 7.16. The summed E-state index contributed by atoms with van der Waals surface area (Å²) < 4.78 is 1.92. The average molecular weight is 230 g/mol. The Morgan fingerprint density at radius 2 is 2.18 bits per heavy atom. The van der Waals surface area contributed by atoms with Gasteiger partial charge >= 0.3 is 0 Å². The van der Waals surface area contributed by atoms with Crippen molar-refractivity contribution in [3.63, 3.8) is 0 Å². The summed E-state index contributed by atoms with van der Waals surface area (Å²) in [5.41, 5.74) is 2.27. The summed E-state index contributed by atoms with van der Waals surface area (Å²) in [5.74, 6) is 0.919. The number of rotatable bonds is 4. The molecule has 0 aliphatic carbocycles. The van der Waals surface area contributed by atoms with Gasteiger partial charge in [-0.15, -0.1) is 0 Å². The number of nitrogens with zero attached hydrogens (tertiary/aromatic N) is 3. The molecule has 2 rings (SSSR count). The summed E-state index contributed by atoms with van der Waals surface area (Å²) in [6, 6.07) is 4.68. The zero-order chi connectivity index (χ0) is 12.3. The molecule has 0 bridgehead atoms. The lowest BCUT2D eigenvalue weighted by Crippen LogP contribution is -2.22. The minimum atomic E-state index is 0.486. The van der Waals surface area contributed by atoms with Crippen LogP contribution in [-0.2, 0) is 6.54 Å². The molecule has 0 aliphatic rings. The van der Waals surface area contributed by atoms with Gasteiger partial charge in [0.05, 0.1) is 0 Å². The summed E-state index contributed by atoms with van der Waals surface area (Å²) >= 11 is 0. The van der Waals surface area contributed by atoms with Crippen LogP contribution in [0.2, 0.25) is 0 Å². The van der Waals surface area contributed by atoms with Crippen LogP contribution in [0.4, 0.5) is 0 Å². The van der Waals surface area contributed by atoms with Crippen molar-refractivity contribution in [3.05, 3.63) is 42.1 Å². The Morgan fingerprint density at radius 3 is 2.82 bits per heavy atom. The Bertz CT molecular complexity index is 474. The molecule has 0 aromatic carbocycles. The van der Waals surface area contributed by atoms with Gasteiger partial charge in [-0.1, -0.05) is 13.8 Å². The molecule has 0 saturated carbocycles. The smallest absolute Gasteiger partial charge is 0.138 e. The van der Waals surface area contributed by atoms with Crippen molar-refractivity contribution in [2.75, 3.05) is 0 Å². The summed E-state index contributed by atoms with van der Waals surface area (Å²) in [5, 5.41) is 3.41. The molecule has 4 heteroatoms. The summed E-state index contributed by atoms with van der Waals surface area (Å²) in [7, 11) is 0. The molecular weight excluding hydrogens is 212 g/mol. The van der Waals surface area contributed by atoms with Crippen LogP contribution in [0.3, 0.4) is 0 Å². The van der Waals surface area contributed by atoms with Gasteiger partial charge in [0.25, 0.3) is 0 Å². The van der Waals surface area contributed by atoms with Gasteiger partial charge in [-0.3, -0.25) is 4.57 Å². The van der Waals surface area contributed by atoms with Gasteiger partial charge < -0.3 is 5.32 Å². The van der Waals surface area contributed by atoms with Crippen molar-refractivity contribution < 1.29 is 0 Å². The van der Waals surface area contributed by atoms with Crippen LogP contribution < -0.4 is 5.32 Å². The number of aryl methyl sites for hydroxylation is 1. The first kappa shape index (κ1) is 11.8. The van der Waals surface area contributed by atoms with E-state index in [1.165, 1.54) is 5.56 Å². The maximum atomic E-state index is 4.50. The number of nitrogens with one attached hydrogen (secondary N) is 1. The summed E-state index contributed by atoms with van der Waals surface area (Å²) in [4.78, 5) is 8.54. The Labute approximate surface area is 102 Å². The standard InChI is InChI=1S/C13H18N4/c1-10(2)15-8-12-6-11(3)16-13(7-12)17-5-4-14-9-17/h4-7,9-10,15H,8H2,1-3H3. The molecule has 90 valence electrons. The molecule has 0 fully saturated rings. The molecule has 2 aromatic rings. The normalized spacial score (nSPS) is 11.1. The highest BCUT2D eigenvalue weighted by Crippen LogP contribution is 2.10. The van der Waals surface area contributed by atoms with E-state index in [-0.39, 0.29) is 0 Å². The lowest BCUT2D eigenvalue weighted by Gasteiger charge is -2.10. The Hall–Kier alpha value is -1.68. The van der Waals surface area contributed by atoms with E-state index < -0.39 is 0 Å². The molecule has 4 nitrogen and oxygen atoms in total. The van der Waals surface area contributed by atoms with E-state index in [2.05, 4.69) is 41.3 Å². The van der Waals surface area contributed by atoms with Gasteiger partial charge in [0.2, 0.25) is 0 Å². The molecule has 0 aliphatic heterocycles. The second-order valence-corrected chi connectivity index (χ2v) is 4.48. The topological polar surface area (TPSA) is 42.7 Å². The van der Waals surface area contributed by atoms with E-state index >= 15 is 0 Å². The Kier molecular flexibility index (Phi) is 3.54. The van der Waals surface area contributed by atoms with Crippen LogP contribution in [0.25, 0.3) is 5.82 Å². The molecular formula is C13H18N4. The summed E-state index contributed by atoms with van der Waals surface area (Å²) in [6.07, 6.45) is 5.43. The fourth-order valence-electron chi connectivity index (χ4n) is 1.67. The second-order valence-electron chi connectivity index (χ2n) is 4.48. The SMILES string of the molecule is Cc1cc(CNC(C)C)cc(-n2ccnc2)n1. The third-order valence-electron chi connectivity index (χ3n) is 2.48. The van der Waals surface area contributed by atoms with E-state index in [1.54, 1.807) is 12.5 Å². The molecule has 0 unspecified atom stereocenters. The van der Waals surface area contributed by atoms with Crippen molar-refractivity contribution in [3.8, 4) is 5.82 Å². The third-order valence-corrected chi connectivity index (χ3v) is 2.48. The van der Waals surface area contributed by atoms with E-state index in [1.807, 2.05) is 17.7 Å². The fourth-order valence-corrected chi connectivity index (χ4v) is 1.67. The zero-order valence-electron chi connectivity index (χ0n) is 10.5. The quantitative estimate of drug-likeness (QED) is 0.874. The van der Waals surface area contributed by atoms with Gasteiger partial charge in [-0.05, 0) is 24.6 Å². The van der Waals surface area contributed by atoms with E-state index in [0.717, 1.165) is 18.1 Å². The largest absolute Gasteiger partial charge is 0.310 e. The van der Waals surface area contributed by atoms with Crippen LogP contribution in [-0.4, -0.2) is 20.6 Å². The molecule has 2 aromatic heterocycles. The van der Waals surface area contributed by atoms with Gasteiger partial charge in [-0.2, -0.15) is 0 Å². The number of imidazole rings is 1. The van der Waals surface area contributed by atoms with Crippen LogP contribution in [0.5, 0.6) is 0 Å². The number of hydrogen-bond acceptors (Lipinski definition) is 3. The monoisotopic (exact) mass is 230 g/mol. The Balaban J connectivity index is 2.24. The maximum Gasteiger partial charge on any atom is 0.138 e. The minimum Gasteiger partial charge on any atom is -0.310 e. The number of aromatic nitrogens is 3. The van der Waals surface area contributed by atoms with Crippen molar-refractivity contribution >= 4 is 0 Å². The molecule has 0 spiro atoms. The van der Waals surface area contributed by atoms with Gasteiger partial charge in [0.15, 0.2) is 0 Å². The molecule has 0 amide bonds. The highest BCUT2D eigenvalue weighted by Gasteiger charge is 2.02. The number of pyridine rings is 1. The van der Waals surface area contributed by atoms with Crippen LogP contribution in [0, 0.1) is 6.92 Å². The predicted octanol–water partition coefficient (Wildman–Crippen LogP) is 2.07. The lowest BCUT2D eigenvalue weighted by molar-refractivity contribution is 0.588. The van der Waals surface area contributed by atoms with Crippen molar-refractivity contribution in [1.82, 2.24) is 19.9 Å². The second kappa shape index (κ2) is 5.10. The molecule has 0 atom stereocenters. The van der Waals surface area contributed by atoms with Gasteiger partial charge in [0.1, 0.15) is 12.1 Å². The Morgan fingerprint density at radius 1 is 1.35 bits per heavy atom. The van der Waals surface area contributed by atoms with E-state index in [0.29, 0.717) is 6.04 Å². The average Bonchev–Trinajstić information content (AvgIpc) is 2.79. The van der Waals surface area contributed by atoms with Crippen LogP contribution in [0.15, 0.2) is 30.9 Å². The lowest BCUT2D eigenvalue weighted by atomic mass is 10.2. The van der Waals surface area contributed by atoms with Crippen LogP contribution in [0.1, 0.15) is 25.1 Å². The first-order valence-electron chi connectivity index (χ1n) is 5.84. The molecule has 1 N–H and O–H groups in total. The maximum absolute atomic E-state index is 4.50. The van der Waals surface area contributed by atoms with Gasteiger partial charge in [0, 0.05) is 30.7 Å². The zero-order valence-corrected chi connectivity index (χ0v) is 10.5. The molecule has 0 radical (unpaired) electrons. The van der Waals surface area contributed by atoms with Crippen molar-refractivity contribution in [1.29, 1.82) is 0 Å². The molecule has 2 heterocycles. The molecule has 0 saturated heterocycles. The van der Waals surface area contributed by atoms with E-state index in [9.17, 15) is 0 Å². The van der Waals surface area contributed by atoms with E-state index in [4.69, 9.17) is 0 Å². The third kappa shape index (κ3) is 3.14. The minimum absolute atomic E-state index is 0.486. The highest BCUT2D eigenvalue weighted by atomic mass is 15.1. The fraction of sp³-hybridized carbons (Fsp3) is 0.385. The van der Waals surface area contributed by atoms with Gasteiger partial charge in [-0.25, -0.2) is 9.97 Å². The van der Waals surface area contributed by atoms with Crippen molar-refractivity contribution in [2.24, 2.45) is 0 Å².